The molecular formula is C15H24ClN3O. The minimum absolute atomic E-state index is 0.127. The zero-order valence-electron chi connectivity index (χ0n) is 12.3. The van der Waals surface area contributed by atoms with Crippen molar-refractivity contribution in [3.8, 4) is 0 Å². The molecule has 2 unspecified atom stereocenters. The van der Waals surface area contributed by atoms with Crippen LogP contribution in [0.4, 0.5) is 5.82 Å². The molecule has 0 aliphatic heterocycles. The summed E-state index contributed by atoms with van der Waals surface area (Å²) in [6.07, 6.45) is 6.11. The average molecular weight is 298 g/mol. The molecule has 112 valence electrons. The minimum Gasteiger partial charge on any atom is -0.394 e. The fraction of sp³-hybridized carbons (Fsp3) is 0.733. The lowest BCUT2D eigenvalue weighted by Crippen LogP contribution is -2.46. The number of nitrogens with zero attached hydrogens (tertiary/aromatic N) is 2. The van der Waals surface area contributed by atoms with E-state index in [4.69, 9.17) is 11.6 Å². The highest BCUT2D eigenvalue weighted by molar-refractivity contribution is 6.29. The lowest BCUT2D eigenvalue weighted by Gasteiger charge is -2.39. The van der Waals surface area contributed by atoms with E-state index >= 15 is 0 Å². The van der Waals surface area contributed by atoms with Crippen LogP contribution in [0, 0.1) is 5.92 Å². The number of hydrogen-bond donors (Lipinski definition) is 2. The van der Waals surface area contributed by atoms with E-state index in [2.05, 4.69) is 29.1 Å². The fourth-order valence-corrected chi connectivity index (χ4v) is 3.29. The van der Waals surface area contributed by atoms with Crippen molar-refractivity contribution in [2.24, 2.45) is 5.92 Å². The van der Waals surface area contributed by atoms with Gasteiger partial charge in [-0.1, -0.05) is 38.3 Å². The van der Waals surface area contributed by atoms with Gasteiger partial charge in [-0.2, -0.15) is 0 Å². The molecule has 0 amide bonds. The lowest BCUT2D eigenvalue weighted by molar-refractivity contribution is 0.149. The summed E-state index contributed by atoms with van der Waals surface area (Å²) in [5.41, 5.74) is -0.265. The molecule has 2 rings (SSSR count). The lowest BCUT2D eigenvalue weighted by atomic mass is 9.77. The SMILES string of the molecule is CCCc1nc(Cl)cc(NC2(CO)CCCC(C)C2)n1. The third kappa shape index (κ3) is 3.83. The highest BCUT2D eigenvalue weighted by Gasteiger charge is 2.34. The van der Waals surface area contributed by atoms with Crippen molar-refractivity contribution in [3.63, 3.8) is 0 Å². The number of hydrogen-bond acceptors (Lipinski definition) is 4. The molecule has 0 bridgehead atoms. The molecule has 0 spiro atoms. The maximum Gasteiger partial charge on any atom is 0.134 e. The van der Waals surface area contributed by atoms with Gasteiger partial charge in [-0.15, -0.1) is 0 Å². The van der Waals surface area contributed by atoms with Gasteiger partial charge in [-0.25, -0.2) is 9.97 Å². The van der Waals surface area contributed by atoms with Crippen molar-refractivity contribution in [1.29, 1.82) is 0 Å². The number of aryl methyl sites for hydroxylation is 1. The van der Waals surface area contributed by atoms with Crippen molar-refractivity contribution in [2.75, 3.05) is 11.9 Å². The molecule has 0 saturated heterocycles. The zero-order valence-corrected chi connectivity index (χ0v) is 13.1. The van der Waals surface area contributed by atoms with Gasteiger partial charge >= 0.3 is 0 Å². The Morgan fingerprint density at radius 1 is 1.50 bits per heavy atom. The normalized spacial score (nSPS) is 26.5. The van der Waals surface area contributed by atoms with E-state index in [1.807, 2.05) is 0 Å². The van der Waals surface area contributed by atoms with Crippen LogP contribution >= 0.6 is 11.6 Å². The number of nitrogens with one attached hydrogen (secondary N) is 1. The van der Waals surface area contributed by atoms with Crippen molar-refractivity contribution in [3.05, 3.63) is 17.0 Å². The number of aliphatic hydroxyl groups is 1. The second kappa shape index (κ2) is 6.72. The van der Waals surface area contributed by atoms with Crippen LogP contribution in [-0.2, 0) is 6.42 Å². The second-order valence-corrected chi connectivity index (χ2v) is 6.39. The first kappa shape index (κ1) is 15.5. The summed E-state index contributed by atoms with van der Waals surface area (Å²) in [6, 6.07) is 1.75. The Morgan fingerprint density at radius 2 is 2.30 bits per heavy atom. The molecule has 1 aliphatic carbocycles. The Labute approximate surface area is 126 Å². The first-order chi connectivity index (χ1) is 9.57. The largest absolute Gasteiger partial charge is 0.394 e. The minimum atomic E-state index is -0.265. The van der Waals surface area contributed by atoms with Gasteiger partial charge in [0.05, 0.1) is 12.1 Å². The summed E-state index contributed by atoms with van der Waals surface area (Å²) >= 11 is 6.07. The fourth-order valence-electron chi connectivity index (χ4n) is 3.09. The molecule has 1 aromatic rings. The molecule has 1 saturated carbocycles. The van der Waals surface area contributed by atoms with Gasteiger partial charge in [0.25, 0.3) is 0 Å². The number of anilines is 1. The molecule has 5 heteroatoms. The van der Waals surface area contributed by atoms with E-state index < -0.39 is 0 Å². The van der Waals surface area contributed by atoms with Crippen molar-refractivity contribution in [1.82, 2.24) is 9.97 Å². The monoisotopic (exact) mass is 297 g/mol. The van der Waals surface area contributed by atoms with Crippen molar-refractivity contribution in [2.45, 2.75) is 57.9 Å². The summed E-state index contributed by atoms with van der Waals surface area (Å²) in [6.45, 7) is 4.46. The van der Waals surface area contributed by atoms with Crippen LogP contribution in [0.1, 0.15) is 51.8 Å². The first-order valence-corrected chi connectivity index (χ1v) is 7.87. The van der Waals surface area contributed by atoms with Crippen LogP contribution in [0.2, 0.25) is 5.15 Å². The predicted octanol–water partition coefficient (Wildman–Crippen LogP) is 3.44. The smallest absolute Gasteiger partial charge is 0.134 e. The molecule has 2 atom stereocenters. The molecule has 4 nitrogen and oxygen atoms in total. The molecule has 0 radical (unpaired) electrons. The van der Waals surface area contributed by atoms with E-state index in [1.165, 1.54) is 6.42 Å². The van der Waals surface area contributed by atoms with Gasteiger partial charge in [0.15, 0.2) is 0 Å². The first-order valence-electron chi connectivity index (χ1n) is 7.49. The van der Waals surface area contributed by atoms with Crippen LogP contribution < -0.4 is 5.32 Å². The molecule has 1 aliphatic rings. The van der Waals surface area contributed by atoms with Gasteiger partial charge in [0.1, 0.15) is 16.8 Å². The van der Waals surface area contributed by atoms with Crippen LogP contribution in [-0.4, -0.2) is 27.2 Å². The summed E-state index contributed by atoms with van der Waals surface area (Å²) in [5.74, 6) is 2.12. The quantitative estimate of drug-likeness (QED) is 0.818. The summed E-state index contributed by atoms with van der Waals surface area (Å²) < 4.78 is 0. The number of aromatic nitrogens is 2. The molecule has 0 aromatic carbocycles. The van der Waals surface area contributed by atoms with Gasteiger partial charge in [0.2, 0.25) is 0 Å². The predicted molar refractivity (Wildman–Crippen MR) is 82.1 cm³/mol. The van der Waals surface area contributed by atoms with Crippen LogP contribution in [0.3, 0.4) is 0 Å². The standard InChI is InChI=1S/C15H24ClN3O/c1-3-5-13-17-12(16)8-14(18-13)19-15(10-20)7-4-6-11(2)9-15/h8,11,20H,3-7,9-10H2,1-2H3,(H,17,18,19). The van der Waals surface area contributed by atoms with Crippen LogP contribution in [0.25, 0.3) is 0 Å². The summed E-state index contributed by atoms with van der Waals surface area (Å²) in [4.78, 5) is 8.75. The highest BCUT2D eigenvalue weighted by atomic mass is 35.5. The van der Waals surface area contributed by atoms with Gasteiger partial charge in [-0.3, -0.25) is 0 Å². The number of rotatable bonds is 5. The van der Waals surface area contributed by atoms with Crippen LogP contribution in [0.5, 0.6) is 0 Å². The topological polar surface area (TPSA) is 58.0 Å². The van der Waals surface area contributed by atoms with Gasteiger partial charge < -0.3 is 10.4 Å². The third-order valence-corrected chi connectivity index (χ3v) is 4.20. The summed E-state index contributed by atoms with van der Waals surface area (Å²) in [7, 11) is 0. The van der Waals surface area contributed by atoms with E-state index in [1.54, 1.807) is 6.07 Å². The number of aliphatic hydroxyl groups excluding tert-OH is 1. The highest BCUT2D eigenvalue weighted by Crippen LogP contribution is 2.34. The average Bonchev–Trinajstić information content (AvgIpc) is 2.38. The van der Waals surface area contributed by atoms with E-state index in [-0.39, 0.29) is 12.1 Å². The summed E-state index contributed by atoms with van der Waals surface area (Å²) in [5, 5.41) is 13.7. The molecule has 1 fully saturated rings. The second-order valence-electron chi connectivity index (χ2n) is 6.01. The maximum atomic E-state index is 9.82. The molecule has 2 N–H and O–H groups in total. The molecule has 20 heavy (non-hydrogen) atoms. The molecule has 1 heterocycles. The van der Waals surface area contributed by atoms with Gasteiger partial charge in [-0.05, 0) is 25.2 Å². The van der Waals surface area contributed by atoms with Crippen molar-refractivity contribution >= 4 is 17.4 Å². The molecular weight excluding hydrogens is 274 g/mol. The van der Waals surface area contributed by atoms with E-state index in [9.17, 15) is 5.11 Å². The van der Waals surface area contributed by atoms with E-state index in [0.717, 1.165) is 43.7 Å². The Bertz CT molecular complexity index is 455. The van der Waals surface area contributed by atoms with E-state index in [0.29, 0.717) is 11.1 Å². The third-order valence-electron chi connectivity index (χ3n) is 4.00. The Kier molecular flexibility index (Phi) is 5.22. The van der Waals surface area contributed by atoms with Crippen molar-refractivity contribution < 1.29 is 5.11 Å². The zero-order chi connectivity index (χ0) is 14.6. The Morgan fingerprint density at radius 3 is 2.95 bits per heavy atom. The van der Waals surface area contributed by atoms with Gasteiger partial charge in [0, 0.05) is 12.5 Å². The Balaban J connectivity index is 2.18. The maximum absolute atomic E-state index is 9.82. The number of halogens is 1. The van der Waals surface area contributed by atoms with Crippen LogP contribution in [0.15, 0.2) is 6.07 Å². The Hall–Kier alpha value is -0.870. The molecule has 1 aromatic heterocycles.